The van der Waals surface area contributed by atoms with E-state index in [0.29, 0.717) is 17.7 Å². The highest BCUT2D eigenvalue weighted by Crippen LogP contribution is 2.24. The third kappa shape index (κ3) is 2.39. The lowest BCUT2D eigenvalue weighted by Crippen LogP contribution is -2.55. The van der Waals surface area contributed by atoms with Crippen molar-refractivity contribution in [1.29, 1.82) is 0 Å². The Labute approximate surface area is 129 Å². The largest absolute Gasteiger partial charge is 0.336 e. The Morgan fingerprint density at radius 3 is 2.73 bits per heavy atom. The summed E-state index contributed by atoms with van der Waals surface area (Å²) >= 11 is 0. The van der Waals surface area contributed by atoms with Crippen LogP contribution < -0.4 is 5.32 Å². The predicted octanol–water partition coefficient (Wildman–Crippen LogP) is 0.411. The fourth-order valence-corrected chi connectivity index (χ4v) is 2.99. The van der Waals surface area contributed by atoms with Crippen LogP contribution in [-0.2, 0) is 4.79 Å². The van der Waals surface area contributed by atoms with Crippen LogP contribution >= 0.6 is 0 Å². The third-order valence-corrected chi connectivity index (χ3v) is 4.24. The van der Waals surface area contributed by atoms with Gasteiger partial charge in [-0.15, -0.1) is 0 Å². The number of aryl methyl sites for hydroxylation is 1. The summed E-state index contributed by atoms with van der Waals surface area (Å²) in [6.07, 6.45) is 0. The van der Waals surface area contributed by atoms with E-state index in [-0.39, 0.29) is 30.3 Å². The van der Waals surface area contributed by atoms with Crippen molar-refractivity contribution in [3.8, 4) is 0 Å². The molecule has 6 heteroatoms. The maximum atomic E-state index is 12.4. The van der Waals surface area contributed by atoms with Crippen LogP contribution in [0.2, 0.25) is 0 Å². The molecule has 0 unspecified atom stereocenters. The van der Waals surface area contributed by atoms with Crippen molar-refractivity contribution in [3.05, 3.63) is 34.9 Å². The van der Waals surface area contributed by atoms with Crippen molar-refractivity contribution in [2.24, 2.45) is 0 Å². The molecule has 0 spiro atoms. The molecule has 1 N–H and O–H groups in total. The summed E-state index contributed by atoms with van der Waals surface area (Å²) in [5.74, 6) is -0.934. The number of amides is 3. The molecule has 6 nitrogen and oxygen atoms in total. The Balaban J connectivity index is 1.78. The highest BCUT2D eigenvalue weighted by Gasteiger charge is 2.38. The minimum Gasteiger partial charge on any atom is -0.336 e. The molecule has 2 aliphatic rings. The van der Waals surface area contributed by atoms with Gasteiger partial charge in [-0.25, -0.2) is 0 Å². The van der Waals surface area contributed by atoms with Gasteiger partial charge >= 0.3 is 0 Å². The first-order chi connectivity index (χ1) is 10.5. The van der Waals surface area contributed by atoms with Crippen molar-refractivity contribution < 1.29 is 14.4 Å². The lowest BCUT2D eigenvalue weighted by Gasteiger charge is -2.34. The molecule has 0 aromatic heterocycles. The maximum absolute atomic E-state index is 12.4. The molecular weight excluding hydrogens is 282 g/mol. The zero-order valence-corrected chi connectivity index (χ0v) is 12.8. The average molecular weight is 301 g/mol. The molecular formula is C16H19N3O3. The summed E-state index contributed by atoms with van der Waals surface area (Å²) < 4.78 is 0. The maximum Gasteiger partial charge on any atom is 0.262 e. The Morgan fingerprint density at radius 1 is 1.27 bits per heavy atom. The van der Waals surface area contributed by atoms with Crippen LogP contribution in [0, 0.1) is 6.92 Å². The zero-order valence-electron chi connectivity index (χ0n) is 12.8. The molecule has 0 aliphatic carbocycles. The van der Waals surface area contributed by atoms with Crippen LogP contribution in [0.25, 0.3) is 0 Å². The van der Waals surface area contributed by atoms with Gasteiger partial charge < -0.3 is 10.2 Å². The summed E-state index contributed by atoms with van der Waals surface area (Å²) in [6, 6.07) is 5.22. The topological polar surface area (TPSA) is 69.7 Å². The molecule has 22 heavy (non-hydrogen) atoms. The lowest BCUT2D eigenvalue weighted by atomic mass is 10.1. The molecule has 3 rings (SSSR count). The average Bonchev–Trinajstić information content (AvgIpc) is 2.72. The predicted molar refractivity (Wildman–Crippen MR) is 80.6 cm³/mol. The Hall–Kier alpha value is -2.21. The van der Waals surface area contributed by atoms with E-state index in [0.717, 1.165) is 23.6 Å². The van der Waals surface area contributed by atoms with E-state index in [1.54, 1.807) is 23.1 Å². The number of rotatable bonds is 2. The highest BCUT2D eigenvalue weighted by molar-refractivity contribution is 6.22. The third-order valence-electron chi connectivity index (χ3n) is 4.24. The SMILES string of the molecule is Cc1ccc2c(c1)C(=O)N(CC(=O)N1CCNC[C@H]1C)C2=O. The first kappa shape index (κ1) is 14.7. The lowest BCUT2D eigenvalue weighted by molar-refractivity contribution is -0.134. The number of nitrogens with zero attached hydrogens (tertiary/aromatic N) is 2. The van der Waals surface area contributed by atoms with E-state index in [1.807, 2.05) is 13.8 Å². The van der Waals surface area contributed by atoms with Crippen LogP contribution in [0.1, 0.15) is 33.2 Å². The van der Waals surface area contributed by atoms with Crippen LogP contribution in [0.4, 0.5) is 0 Å². The molecule has 1 saturated heterocycles. The number of carbonyl (C=O) groups excluding carboxylic acids is 3. The fourth-order valence-electron chi connectivity index (χ4n) is 2.99. The van der Waals surface area contributed by atoms with Gasteiger partial charge in [-0.3, -0.25) is 19.3 Å². The first-order valence-corrected chi connectivity index (χ1v) is 7.46. The van der Waals surface area contributed by atoms with E-state index < -0.39 is 0 Å². The molecule has 3 amide bonds. The monoisotopic (exact) mass is 301 g/mol. The molecule has 0 radical (unpaired) electrons. The molecule has 1 atom stereocenters. The van der Waals surface area contributed by atoms with E-state index in [4.69, 9.17) is 0 Å². The van der Waals surface area contributed by atoms with E-state index in [9.17, 15) is 14.4 Å². The normalized spacial score (nSPS) is 21.3. The minimum atomic E-state index is -0.379. The molecule has 116 valence electrons. The van der Waals surface area contributed by atoms with Gasteiger partial charge in [-0.2, -0.15) is 0 Å². The second-order valence-electron chi connectivity index (χ2n) is 5.89. The van der Waals surface area contributed by atoms with E-state index in [1.165, 1.54) is 0 Å². The molecule has 2 heterocycles. The molecule has 0 saturated carbocycles. The smallest absolute Gasteiger partial charge is 0.262 e. The van der Waals surface area contributed by atoms with Crippen molar-refractivity contribution in [2.45, 2.75) is 19.9 Å². The van der Waals surface area contributed by atoms with Crippen molar-refractivity contribution in [3.63, 3.8) is 0 Å². The number of nitrogens with one attached hydrogen (secondary N) is 1. The summed E-state index contributed by atoms with van der Waals surface area (Å²) in [6.45, 7) is 5.70. The van der Waals surface area contributed by atoms with Crippen molar-refractivity contribution >= 4 is 17.7 Å². The number of imide groups is 1. The quantitative estimate of drug-likeness (QED) is 0.803. The second kappa shape index (κ2) is 5.53. The zero-order chi connectivity index (χ0) is 15.9. The molecule has 1 aromatic carbocycles. The number of hydrogen-bond acceptors (Lipinski definition) is 4. The fraction of sp³-hybridized carbons (Fsp3) is 0.438. The van der Waals surface area contributed by atoms with Crippen LogP contribution in [0.5, 0.6) is 0 Å². The van der Waals surface area contributed by atoms with Crippen molar-refractivity contribution in [2.75, 3.05) is 26.2 Å². The van der Waals surface area contributed by atoms with Gasteiger partial charge in [-0.1, -0.05) is 11.6 Å². The molecule has 1 aromatic rings. The summed E-state index contributed by atoms with van der Waals surface area (Å²) in [5.41, 5.74) is 1.70. The summed E-state index contributed by atoms with van der Waals surface area (Å²) in [5, 5.41) is 3.21. The van der Waals surface area contributed by atoms with E-state index in [2.05, 4.69) is 5.32 Å². The highest BCUT2D eigenvalue weighted by atomic mass is 16.2. The molecule has 0 bridgehead atoms. The number of carbonyl (C=O) groups is 3. The van der Waals surface area contributed by atoms with E-state index >= 15 is 0 Å². The second-order valence-corrected chi connectivity index (χ2v) is 5.89. The van der Waals surface area contributed by atoms with Crippen LogP contribution in [0.3, 0.4) is 0 Å². The first-order valence-electron chi connectivity index (χ1n) is 7.46. The number of fused-ring (bicyclic) bond motifs is 1. The molecule has 1 fully saturated rings. The Kier molecular flexibility index (Phi) is 3.70. The van der Waals surface area contributed by atoms with Crippen LogP contribution in [0.15, 0.2) is 18.2 Å². The Bertz CT molecular complexity index is 656. The summed E-state index contributed by atoms with van der Waals surface area (Å²) in [4.78, 5) is 39.9. The van der Waals surface area contributed by atoms with Crippen molar-refractivity contribution in [1.82, 2.24) is 15.1 Å². The van der Waals surface area contributed by atoms with Gasteiger partial charge in [0.2, 0.25) is 5.91 Å². The van der Waals surface area contributed by atoms with Gasteiger partial charge in [0, 0.05) is 25.7 Å². The Morgan fingerprint density at radius 2 is 2.00 bits per heavy atom. The molecule has 2 aliphatic heterocycles. The summed E-state index contributed by atoms with van der Waals surface area (Å²) in [7, 11) is 0. The van der Waals surface area contributed by atoms with Gasteiger partial charge in [0.1, 0.15) is 6.54 Å². The van der Waals surface area contributed by atoms with Gasteiger partial charge in [0.05, 0.1) is 11.1 Å². The number of benzene rings is 1. The number of hydrogen-bond donors (Lipinski definition) is 1. The van der Waals surface area contributed by atoms with Crippen LogP contribution in [-0.4, -0.2) is 59.7 Å². The standard InChI is InChI=1S/C16H19N3O3/c1-10-3-4-12-13(7-10)16(22)19(15(12)21)9-14(20)18-6-5-17-8-11(18)2/h3-4,7,11,17H,5-6,8-9H2,1-2H3/t11-/m1/s1. The van der Waals surface area contributed by atoms with Gasteiger partial charge in [0.15, 0.2) is 0 Å². The minimum absolute atomic E-state index is 0.0682. The van der Waals surface area contributed by atoms with Gasteiger partial charge in [0.25, 0.3) is 11.8 Å². The van der Waals surface area contributed by atoms with Gasteiger partial charge in [-0.05, 0) is 26.0 Å². The number of piperazine rings is 1.